The van der Waals surface area contributed by atoms with E-state index in [-0.39, 0.29) is 17.4 Å². The highest BCUT2D eigenvalue weighted by molar-refractivity contribution is 6.32. The van der Waals surface area contributed by atoms with Crippen LogP contribution in [0.2, 0.25) is 5.02 Å². The first kappa shape index (κ1) is 14.1. The van der Waals surface area contributed by atoms with Gasteiger partial charge in [-0.2, -0.15) is 13.2 Å². The molecular formula is C11H12ClF3O2. The second-order valence-electron chi connectivity index (χ2n) is 3.48. The summed E-state index contributed by atoms with van der Waals surface area (Å²) in [6.07, 6.45) is -3.78. The fourth-order valence-corrected chi connectivity index (χ4v) is 1.81. The minimum atomic E-state index is -4.51. The molecule has 0 bridgehead atoms. The van der Waals surface area contributed by atoms with Crippen LogP contribution < -0.4 is 4.74 Å². The quantitative estimate of drug-likeness (QED) is 0.908. The van der Waals surface area contributed by atoms with Crippen LogP contribution in [0.15, 0.2) is 12.1 Å². The molecule has 0 aliphatic heterocycles. The van der Waals surface area contributed by atoms with Gasteiger partial charge in [-0.15, -0.1) is 0 Å². The molecule has 17 heavy (non-hydrogen) atoms. The summed E-state index contributed by atoms with van der Waals surface area (Å²) in [7, 11) is 1.14. The van der Waals surface area contributed by atoms with Gasteiger partial charge in [0.1, 0.15) is 5.75 Å². The van der Waals surface area contributed by atoms with E-state index < -0.39 is 11.7 Å². The molecule has 0 atom stereocenters. The van der Waals surface area contributed by atoms with Crippen molar-refractivity contribution in [1.29, 1.82) is 0 Å². The van der Waals surface area contributed by atoms with E-state index in [9.17, 15) is 13.2 Å². The number of halogens is 4. The number of ether oxygens (including phenoxy) is 1. The highest BCUT2D eigenvalue weighted by Crippen LogP contribution is 2.41. The summed E-state index contributed by atoms with van der Waals surface area (Å²) in [5.74, 6) is -0.369. The van der Waals surface area contributed by atoms with Gasteiger partial charge in [-0.25, -0.2) is 0 Å². The lowest BCUT2D eigenvalue weighted by Gasteiger charge is -2.15. The molecule has 1 aromatic rings. The molecule has 0 unspecified atom stereocenters. The Morgan fingerprint density at radius 3 is 2.47 bits per heavy atom. The van der Waals surface area contributed by atoms with Gasteiger partial charge in [-0.05, 0) is 30.5 Å². The fourth-order valence-electron chi connectivity index (χ4n) is 1.50. The zero-order chi connectivity index (χ0) is 13.1. The molecule has 1 rings (SSSR count). The van der Waals surface area contributed by atoms with Crippen LogP contribution in [-0.4, -0.2) is 18.8 Å². The minimum absolute atomic E-state index is 0.0738. The van der Waals surface area contributed by atoms with Gasteiger partial charge >= 0.3 is 6.18 Å². The lowest BCUT2D eigenvalue weighted by Crippen LogP contribution is -2.09. The van der Waals surface area contributed by atoms with Crippen LogP contribution in [0, 0.1) is 0 Å². The summed E-state index contributed by atoms with van der Waals surface area (Å²) in [6, 6.07) is 2.42. The molecule has 6 heteroatoms. The number of methoxy groups -OCH3 is 1. The number of aliphatic hydroxyl groups excluding tert-OH is 1. The van der Waals surface area contributed by atoms with Crippen molar-refractivity contribution in [3.05, 3.63) is 28.3 Å². The number of hydrogen-bond donors (Lipinski definition) is 1. The molecular weight excluding hydrogens is 257 g/mol. The average molecular weight is 269 g/mol. The van der Waals surface area contributed by atoms with Gasteiger partial charge in [-0.1, -0.05) is 11.6 Å². The first-order chi connectivity index (χ1) is 7.90. The summed E-state index contributed by atoms with van der Waals surface area (Å²) in [5.41, 5.74) is -0.461. The Bertz CT molecular complexity index is 391. The standard InChI is InChI=1S/C11H12ClF3O2/c1-17-10-8(11(13,14)15)5-7(3-2-4-16)6-9(10)12/h5-6,16H,2-4H2,1H3. The van der Waals surface area contributed by atoms with Crippen molar-refractivity contribution in [3.8, 4) is 5.75 Å². The van der Waals surface area contributed by atoms with Crippen LogP contribution >= 0.6 is 11.6 Å². The maximum atomic E-state index is 12.7. The highest BCUT2D eigenvalue weighted by Gasteiger charge is 2.35. The Morgan fingerprint density at radius 2 is 2.00 bits per heavy atom. The molecule has 0 amide bonds. The normalized spacial score (nSPS) is 11.6. The Morgan fingerprint density at radius 1 is 1.35 bits per heavy atom. The first-order valence-electron chi connectivity index (χ1n) is 4.94. The summed E-state index contributed by atoms with van der Waals surface area (Å²) in [6.45, 7) is -0.0784. The van der Waals surface area contributed by atoms with E-state index in [2.05, 4.69) is 4.74 Å². The van der Waals surface area contributed by atoms with Gasteiger partial charge in [0.2, 0.25) is 0 Å². The van der Waals surface area contributed by atoms with Gasteiger partial charge in [0, 0.05) is 6.61 Å². The van der Waals surface area contributed by atoms with Crippen molar-refractivity contribution >= 4 is 11.6 Å². The Labute approximate surface area is 102 Å². The zero-order valence-electron chi connectivity index (χ0n) is 9.14. The van der Waals surface area contributed by atoms with E-state index in [1.54, 1.807) is 0 Å². The third kappa shape index (κ3) is 3.51. The fraction of sp³-hybridized carbons (Fsp3) is 0.455. The monoisotopic (exact) mass is 268 g/mol. The predicted molar refractivity (Wildman–Crippen MR) is 58.4 cm³/mol. The van der Waals surface area contributed by atoms with Crippen LogP contribution in [0.5, 0.6) is 5.75 Å². The number of benzene rings is 1. The summed E-state index contributed by atoms with van der Waals surface area (Å²) in [4.78, 5) is 0. The molecule has 0 saturated carbocycles. The molecule has 0 aromatic heterocycles. The predicted octanol–water partition coefficient (Wildman–Crippen LogP) is 3.29. The van der Waals surface area contributed by atoms with E-state index in [4.69, 9.17) is 16.7 Å². The minimum Gasteiger partial charge on any atom is -0.495 e. The molecule has 0 aliphatic rings. The molecule has 0 spiro atoms. The summed E-state index contributed by atoms with van der Waals surface area (Å²) in [5, 5.41) is 8.57. The maximum absolute atomic E-state index is 12.7. The third-order valence-corrected chi connectivity index (χ3v) is 2.52. The van der Waals surface area contributed by atoms with E-state index in [1.807, 2.05) is 0 Å². The molecule has 1 N–H and O–H groups in total. The molecule has 96 valence electrons. The van der Waals surface area contributed by atoms with Gasteiger partial charge in [0.05, 0.1) is 17.7 Å². The largest absolute Gasteiger partial charge is 0.495 e. The van der Waals surface area contributed by atoms with Crippen LogP contribution in [0.25, 0.3) is 0 Å². The number of rotatable bonds is 4. The van der Waals surface area contributed by atoms with Crippen molar-refractivity contribution in [3.63, 3.8) is 0 Å². The molecule has 2 nitrogen and oxygen atoms in total. The topological polar surface area (TPSA) is 29.5 Å². The van der Waals surface area contributed by atoms with E-state index in [0.717, 1.165) is 13.2 Å². The van der Waals surface area contributed by atoms with Gasteiger partial charge in [-0.3, -0.25) is 0 Å². The lowest BCUT2D eigenvalue weighted by atomic mass is 10.1. The number of hydrogen-bond acceptors (Lipinski definition) is 2. The Balaban J connectivity index is 3.19. The van der Waals surface area contributed by atoms with Gasteiger partial charge in [0.25, 0.3) is 0 Å². The second-order valence-corrected chi connectivity index (χ2v) is 3.89. The van der Waals surface area contributed by atoms with Crippen molar-refractivity contribution in [2.75, 3.05) is 13.7 Å². The maximum Gasteiger partial charge on any atom is 0.420 e. The second kappa shape index (κ2) is 5.60. The summed E-state index contributed by atoms with van der Waals surface area (Å²) >= 11 is 5.73. The summed E-state index contributed by atoms with van der Waals surface area (Å²) < 4.78 is 42.8. The number of aliphatic hydroxyl groups is 1. The highest BCUT2D eigenvalue weighted by atomic mass is 35.5. The van der Waals surface area contributed by atoms with Crippen molar-refractivity contribution in [1.82, 2.24) is 0 Å². The van der Waals surface area contributed by atoms with Crippen LogP contribution in [0.1, 0.15) is 17.5 Å². The molecule has 0 radical (unpaired) electrons. The first-order valence-corrected chi connectivity index (χ1v) is 5.32. The number of aryl methyl sites for hydroxylation is 1. The number of alkyl halides is 3. The molecule has 0 aliphatic carbocycles. The average Bonchev–Trinajstić information content (AvgIpc) is 2.24. The van der Waals surface area contributed by atoms with E-state index in [0.29, 0.717) is 18.4 Å². The van der Waals surface area contributed by atoms with E-state index >= 15 is 0 Å². The smallest absolute Gasteiger partial charge is 0.420 e. The molecule has 0 heterocycles. The molecule has 0 saturated heterocycles. The third-order valence-electron chi connectivity index (χ3n) is 2.24. The Kier molecular flexibility index (Phi) is 4.65. The van der Waals surface area contributed by atoms with Gasteiger partial charge < -0.3 is 9.84 Å². The van der Waals surface area contributed by atoms with Crippen molar-refractivity contribution in [2.24, 2.45) is 0 Å². The Hall–Kier alpha value is -0.940. The zero-order valence-corrected chi connectivity index (χ0v) is 9.90. The van der Waals surface area contributed by atoms with Crippen LogP contribution in [-0.2, 0) is 12.6 Å². The van der Waals surface area contributed by atoms with Gasteiger partial charge in [0.15, 0.2) is 0 Å². The lowest BCUT2D eigenvalue weighted by molar-refractivity contribution is -0.138. The van der Waals surface area contributed by atoms with Crippen molar-refractivity contribution in [2.45, 2.75) is 19.0 Å². The van der Waals surface area contributed by atoms with E-state index in [1.165, 1.54) is 6.07 Å². The van der Waals surface area contributed by atoms with Crippen molar-refractivity contribution < 1.29 is 23.0 Å². The van der Waals surface area contributed by atoms with Crippen LogP contribution in [0.4, 0.5) is 13.2 Å². The van der Waals surface area contributed by atoms with Crippen LogP contribution in [0.3, 0.4) is 0 Å². The molecule has 1 aromatic carbocycles. The molecule has 0 fully saturated rings. The SMILES string of the molecule is COc1c(Cl)cc(CCCO)cc1C(F)(F)F.